The van der Waals surface area contributed by atoms with Crippen molar-refractivity contribution in [3.63, 3.8) is 0 Å². The Morgan fingerprint density at radius 3 is 2.78 bits per heavy atom. The molecule has 0 amide bonds. The third-order valence-corrected chi connectivity index (χ3v) is 4.55. The molecule has 1 heterocycles. The summed E-state index contributed by atoms with van der Waals surface area (Å²) in [6.45, 7) is 5.82. The number of halogens is 2. The van der Waals surface area contributed by atoms with E-state index in [1.165, 1.54) is 44.5 Å². The van der Waals surface area contributed by atoms with Crippen molar-refractivity contribution in [1.82, 2.24) is 10.2 Å². The Morgan fingerprint density at radius 1 is 1.28 bits per heavy atom. The van der Waals surface area contributed by atoms with Gasteiger partial charge in [0.25, 0.3) is 0 Å². The maximum Gasteiger partial charge on any atom is 0.0548 e. The highest BCUT2D eigenvalue weighted by Crippen LogP contribution is 2.23. The van der Waals surface area contributed by atoms with Gasteiger partial charge in [0.15, 0.2) is 0 Å². The van der Waals surface area contributed by atoms with Gasteiger partial charge in [-0.2, -0.15) is 0 Å². The zero-order chi connectivity index (χ0) is 12.8. The number of rotatable bonds is 6. The van der Waals surface area contributed by atoms with E-state index in [0.29, 0.717) is 0 Å². The highest BCUT2D eigenvalue weighted by molar-refractivity contribution is 9.10. The van der Waals surface area contributed by atoms with Gasteiger partial charge in [0, 0.05) is 11.0 Å². The van der Waals surface area contributed by atoms with Crippen LogP contribution in [0.2, 0.25) is 5.02 Å². The number of benzene rings is 1. The van der Waals surface area contributed by atoms with E-state index in [1.807, 2.05) is 6.07 Å². The highest BCUT2D eigenvalue weighted by Gasteiger charge is 2.09. The van der Waals surface area contributed by atoms with E-state index in [0.717, 1.165) is 22.6 Å². The molecule has 1 aromatic carbocycles. The van der Waals surface area contributed by atoms with Crippen LogP contribution in [0.1, 0.15) is 24.8 Å². The number of nitrogens with one attached hydrogen (secondary N) is 1. The van der Waals surface area contributed by atoms with E-state index in [9.17, 15) is 0 Å². The molecule has 0 aromatic heterocycles. The Labute approximate surface area is 123 Å². The summed E-state index contributed by atoms with van der Waals surface area (Å²) in [6.07, 6.45) is 3.99. The lowest BCUT2D eigenvalue weighted by molar-refractivity contribution is 0.331. The largest absolute Gasteiger partial charge is 0.313 e. The summed E-state index contributed by atoms with van der Waals surface area (Å²) in [4.78, 5) is 2.56. The summed E-state index contributed by atoms with van der Waals surface area (Å²) in [6, 6.07) is 6.09. The Kier molecular flexibility index (Phi) is 5.96. The fourth-order valence-electron chi connectivity index (χ4n) is 2.32. The average molecular weight is 332 g/mol. The number of nitrogens with zero attached hydrogens (tertiary/aromatic N) is 1. The molecule has 2 rings (SSSR count). The molecule has 0 saturated carbocycles. The zero-order valence-corrected chi connectivity index (χ0v) is 12.9. The lowest BCUT2D eigenvalue weighted by atomic mass is 10.2. The summed E-state index contributed by atoms with van der Waals surface area (Å²) in [5.41, 5.74) is 1.27. The van der Waals surface area contributed by atoms with Crippen LogP contribution in [0.15, 0.2) is 22.7 Å². The first kappa shape index (κ1) is 14.3. The van der Waals surface area contributed by atoms with Crippen molar-refractivity contribution in [1.29, 1.82) is 0 Å². The molecule has 0 atom stereocenters. The molecule has 2 nitrogen and oxygen atoms in total. The Hall–Kier alpha value is -0.0900. The van der Waals surface area contributed by atoms with Gasteiger partial charge in [-0.1, -0.05) is 17.7 Å². The lowest BCUT2D eigenvalue weighted by Gasteiger charge is -2.14. The Balaban J connectivity index is 1.61. The minimum Gasteiger partial charge on any atom is -0.313 e. The van der Waals surface area contributed by atoms with Crippen LogP contribution in [0.3, 0.4) is 0 Å². The van der Waals surface area contributed by atoms with Crippen LogP contribution in [-0.2, 0) is 6.54 Å². The molecule has 0 unspecified atom stereocenters. The van der Waals surface area contributed by atoms with Crippen LogP contribution < -0.4 is 5.32 Å². The summed E-state index contributed by atoms with van der Waals surface area (Å²) < 4.78 is 0.973. The molecule has 1 aliphatic rings. The predicted molar refractivity (Wildman–Crippen MR) is 81.1 cm³/mol. The smallest absolute Gasteiger partial charge is 0.0548 e. The molecule has 1 aromatic rings. The third kappa shape index (κ3) is 4.54. The molecule has 0 bridgehead atoms. The van der Waals surface area contributed by atoms with Gasteiger partial charge in [-0.25, -0.2) is 0 Å². The normalized spacial score (nSPS) is 16.3. The maximum atomic E-state index is 5.96. The van der Waals surface area contributed by atoms with Crippen molar-refractivity contribution >= 4 is 27.5 Å². The van der Waals surface area contributed by atoms with Crippen molar-refractivity contribution in [2.45, 2.75) is 25.8 Å². The van der Waals surface area contributed by atoms with Crippen molar-refractivity contribution < 1.29 is 0 Å². The minimum atomic E-state index is 0.771. The molecule has 0 aliphatic carbocycles. The lowest BCUT2D eigenvalue weighted by Crippen LogP contribution is -2.24. The third-order valence-electron chi connectivity index (χ3n) is 3.34. The summed E-state index contributed by atoms with van der Waals surface area (Å²) in [7, 11) is 0. The Morgan fingerprint density at radius 2 is 2.06 bits per heavy atom. The molecule has 1 fully saturated rings. The van der Waals surface area contributed by atoms with Gasteiger partial charge in [-0.3, -0.25) is 0 Å². The SMILES string of the molecule is Clc1ccc(CNCCCN2CCCC2)cc1Br. The van der Waals surface area contributed by atoms with Crippen molar-refractivity contribution in [3.8, 4) is 0 Å². The van der Waals surface area contributed by atoms with Gasteiger partial charge in [0.05, 0.1) is 5.02 Å². The van der Waals surface area contributed by atoms with E-state index in [1.54, 1.807) is 0 Å². The second-order valence-corrected chi connectivity index (χ2v) is 6.09. The van der Waals surface area contributed by atoms with Crippen LogP contribution in [-0.4, -0.2) is 31.1 Å². The van der Waals surface area contributed by atoms with Gasteiger partial charge in [-0.15, -0.1) is 0 Å². The van der Waals surface area contributed by atoms with Gasteiger partial charge in [0.1, 0.15) is 0 Å². The van der Waals surface area contributed by atoms with Crippen molar-refractivity contribution in [3.05, 3.63) is 33.3 Å². The second kappa shape index (κ2) is 7.49. The Bertz CT molecular complexity index is 378. The molecular formula is C14H20BrClN2. The molecular weight excluding hydrogens is 312 g/mol. The van der Waals surface area contributed by atoms with Crippen LogP contribution in [0.4, 0.5) is 0 Å². The molecule has 100 valence electrons. The summed E-state index contributed by atoms with van der Waals surface area (Å²) in [5, 5.41) is 4.25. The minimum absolute atomic E-state index is 0.771. The van der Waals surface area contributed by atoms with Gasteiger partial charge in [-0.05, 0) is 79.1 Å². The van der Waals surface area contributed by atoms with E-state index < -0.39 is 0 Å². The first-order valence-corrected chi connectivity index (χ1v) is 7.80. The fourth-order valence-corrected chi connectivity index (χ4v) is 2.86. The zero-order valence-electron chi connectivity index (χ0n) is 10.6. The average Bonchev–Trinajstić information content (AvgIpc) is 2.86. The van der Waals surface area contributed by atoms with Crippen LogP contribution >= 0.6 is 27.5 Å². The maximum absolute atomic E-state index is 5.96. The van der Waals surface area contributed by atoms with Crippen LogP contribution in [0.25, 0.3) is 0 Å². The summed E-state index contributed by atoms with van der Waals surface area (Å²) >= 11 is 9.41. The molecule has 0 spiro atoms. The second-order valence-electron chi connectivity index (χ2n) is 4.83. The molecule has 4 heteroatoms. The first-order chi connectivity index (χ1) is 8.75. The predicted octanol–water partition coefficient (Wildman–Crippen LogP) is 3.68. The van der Waals surface area contributed by atoms with Crippen molar-refractivity contribution in [2.24, 2.45) is 0 Å². The van der Waals surface area contributed by atoms with Crippen molar-refractivity contribution in [2.75, 3.05) is 26.2 Å². The molecule has 1 saturated heterocycles. The topological polar surface area (TPSA) is 15.3 Å². The first-order valence-electron chi connectivity index (χ1n) is 6.63. The molecule has 1 N–H and O–H groups in total. The van der Waals surface area contributed by atoms with Gasteiger partial charge < -0.3 is 10.2 Å². The number of hydrogen-bond donors (Lipinski definition) is 1. The highest BCUT2D eigenvalue weighted by atomic mass is 79.9. The number of hydrogen-bond acceptors (Lipinski definition) is 2. The van der Waals surface area contributed by atoms with E-state index in [4.69, 9.17) is 11.6 Å². The fraction of sp³-hybridized carbons (Fsp3) is 0.571. The van der Waals surface area contributed by atoms with Crippen LogP contribution in [0, 0.1) is 0 Å². The van der Waals surface area contributed by atoms with Gasteiger partial charge >= 0.3 is 0 Å². The quantitative estimate of drug-likeness (QED) is 0.800. The summed E-state index contributed by atoms with van der Waals surface area (Å²) in [5.74, 6) is 0. The number of likely N-dealkylation sites (tertiary alicyclic amines) is 1. The molecule has 18 heavy (non-hydrogen) atoms. The monoisotopic (exact) mass is 330 g/mol. The van der Waals surface area contributed by atoms with Gasteiger partial charge in [0.2, 0.25) is 0 Å². The molecule has 0 radical (unpaired) electrons. The van der Waals surface area contributed by atoms with E-state index >= 15 is 0 Å². The van der Waals surface area contributed by atoms with Crippen LogP contribution in [0.5, 0.6) is 0 Å². The molecule has 1 aliphatic heterocycles. The standard InChI is InChI=1S/C14H20BrClN2/c15-13-10-12(4-5-14(13)16)11-17-6-3-9-18-7-1-2-8-18/h4-5,10,17H,1-3,6-9,11H2. The van der Waals surface area contributed by atoms with E-state index in [-0.39, 0.29) is 0 Å². The van der Waals surface area contributed by atoms with E-state index in [2.05, 4.69) is 38.3 Å².